The van der Waals surface area contributed by atoms with E-state index in [9.17, 15) is 14.7 Å². The molecule has 4 rings (SSSR count). The van der Waals surface area contributed by atoms with Gasteiger partial charge in [0.05, 0.1) is 10.6 Å². The minimum Gasteiger partial charge on any atom is -0.488 e. The van der Waals surface area contributed by atoms with E-state index in [0.29, 0.717) is 30.7 Å². The fraction of sp³-hybridized carbons (Fsp3) is 0.185. The van der Waals surface area contributed by atoms with Gasteiger partial charge in [-0.05, 0) is 29.7 Å². The predicted octanol–water partition coefficient (Wildman–Crippen LogP) is 5.12. The summed E-state index contributed by atoms with van der Waals surface area (Å²) >= 11 is 6.38. The Morgan fingerprint density at radius 3 is 2.43 bits per heavy atom. The van der Waals surface area contributed by atoms with E-state index in [1.165, 1.54) is 17.7 Å². The van der Waals surface area contributed by atoms with E-state index in [1.54, 1.807) is 0 Å². The van der Waals surface area contributed by atoms with Crippen molar-refractivity contribution < 1.29 is 29.3 Å². The standard InChI is InChI=1S/C27H24ClNO6/c28-22-16-24-25(14-20(22)21(27(32)33)15-26(30)31)35-23-9-5-4-8-19(23)10-11-29(12-13-34-24)17-18-6-2-1-3-7-18/h1-9,14-16H,10-13,17H2,(H,30,31)(H,32,33)/b21-15+. The highest BCUT2D eigenvalue weighted by atomic mass is 35.5. The van der Waals surface area contributed by atoms with Gasteiger partial charge in [0, 0.05) is 37.3 Å². The van der Waals surface area contributed by atoms with Gasteiger partial charge in [-0.3, -0.25) is 4.90 Å². The molecule has 0 fully saturated rings. The number of hydrogen-bond donors (Lipinski definition) is 2. The van der Waals surface area contributed by atoms with Crippen LogP contribution in [0.3, 0.4) is 0 Å². The average molecular weight is 494 g/mol. The summed E-state index contributed by atoms with van der Waals surface area (Å²) in [4.78, 5) is 25.2. The van der Waals surface area contributed by atoms with Gasteiger partial charge in [-0.1, -0.05) is 60.1 Å². The van der Waals surface area contributed by atoms with Crippen LogP contribution >= 0.6 is 11.6 Å². The van der Waals surface area contributed by atoms with E-state index in [1.807, 2.05) is 42.5 Å². The van der Waals surface area contributed by atoms with Crippen LogP contribution in [-0.4, -0.2) is 46.7 Å². The summed E-state index contributed by atoms with van der Waals surface area (Å²) < 4.78 is 12.2. The third-order valence-electron chi connectivity index (χ3n) is 5.63. The first-order valence-electron chi connectivity index (χ1n) is 11.1. The third kappa shape index (κ3) is 6.20. The molecule has 7 nitrogen and oxygen atoms in total. The second-order valence-corrected chi connectivity index (χ2v) is 8.46. The van der Waals surface area contributed by atoms with Crippen molar-refractivity contribution in [1.82, 2.24) is 4.90 Å². The number of carboxylic acids is 2. The molecule has 0 bridgehead atoms. The van der Waals surface area contributed by atoms with Crippen LogP contribution in [0.1, 0.15) is 16.7 Å². The van der Waals surface area contributed by atoms with Crippen LogP contribution in [-0.2, 0) is 22.6 Å². The zero-order valence-electron chi connectivity index (χ0n) is 18.8. The lowest BCUT2D eigenvalue weighted by atomic mass is 10.0. The Bertz CT molecular complexity index is 1260. The van der Waals surface area contributed by atoms with Crippen LogP contribution in [0.4, 0.5) is 0 Å². The third-order valence-corrected chi connectivity index (χ3v) is 5.94. The number of halogens is 1. The molecule has 2 N–H and O–H groups in total. The number of carboxylic acid groups (broad SMARTS) is 2. The lowest BCUT2D eigenvalue weighted by molar-refractivity contribution is -0.133. The van der Waals surface area contributed by atoms with Gasteiger partial charge < -0.3 is 19.7 Å². The Morgan fingerprint density at radius 1 is 0.943 bits per heavy atom. The number of fused-ring (bicyclic) bond motifs is 2. The largest absolute Gasteiger partial charge is 0.488 e. The van der Waals surface area contributed by atoms with Crippen molar-refractivity contribution in [1.29, 1.82) is 0 Å². The maximum Gasteiger partial charge on any atom is 0.336 e. The van der Waals surface area contributed by atoms with Gasteiger partial charge in [0.1, 0.15) is 12.4 Å². The number of hydrogen-bond acceptors (Lipinski definition) is 5. The summed E-state index contributed by atoms with van der Waals surface area (Å²) in [5, 5.41) is 18.7. The number of ether oxygens (including phenoxy) is 2. The molecule has 0 amide bonds. The molecule has 3 aromatic carbocycles. The summed E-state index contributed by atoms with van der Waals surface area (Å²) in [6.07, 6.45) is 1.34. The van der Waals surface area contributed by atoms with Crippen LogP contribution in [0.25, 0.3) is 5.57 Å². The molecule has 0 radical (unpaired) electrons. The summed E-state index contributed by atoms with van der Waals surface area (Å²) in [7, 11) is 0. The molecule has 0 aliphatic carbocycles. The molecular formula is C27H24ClNO6. The van der Waals surface area contributed by atoms with Crippen LogP contribution < -0.4 is 9.47 Å². The van der Waals surface area contributed by atoms with Gasteiger partial charge in [-0.2, -0.15) is 0 Å². The number of para-hydroxylation sites is 1. The van der Waals surface area contributed by atoms with Crippen LogP contribution in [0.15, 0.2) is 72.8 Å². The Hall–Kier alpha value is -3.81. The molecule has 0 unspecified atom stereocenters. The maximum atomic E-state index is 11.7. The Labute approximate surface area is 207 Å². The minimum atomic E-state index is -1.41. The van der Waals surface area contributed by atoms with Gasteiger partial charge in [0.25, 0.3) is 0 Å². The van der Waals surface area contributed by atoms with Crippen molar-refractivity contribution in [2.75, 3.05) is 19.7 Å². The van der Waals surface area contributed by atoms with E-state index < -0.39 is 17.5 Å². The van der Waals surface area contributed by atoms with E-state index in [4.69, 9.17) is 26.2 Å². The number of benzene rings is 3. The highest BCUT2D eigenvalue weighted by Crippen LogP contribution is 2.40. The SMILES string of the molecule is O=C(O)/C=C(/C(=O)O)c1cc2c(cc1Cl)OCCN(Cc1ccccc1)CCc1ccccc1O2. The minimum absolute atomic E-state index is 0.0296. The number of rotatable bonds is 5. The van der Waals surface area contributed by atoms with Crippen molar-refractivity contribution in [2.45, 2.75) is 13.0 Å². The monoisotopic (exact) mass is 493 g/mol. The quantitative estimate of drug-likeness (QED) is 0.476. The summed E-state index contributed by atoms with van der Waals surface area (Å²) in [6, 6.07) is 20.7. The summed E-state index contributed by atoms with van der Waals surface area (Å²) in [5.74, 6) is -1.60. The van der Waals surface area contributed by atoms with Crippen molar-refractivity contribution in [2.24, 2.45) is 0 Å². The topological polar surface area (TPSA) is 96.3 Å². The molecule has 180 valence electrons. The number of carbonyl (C=O) groups is 2. The maximum absolute atomic E-state index is 11.7. The Morgan fingerprint density at radius 2 is 1.69 bits per heavy atom. The molecule has 35 heavy (non-hydrogen) atoms. The first-order chi connectivity index (χ1) is 16.9. The molecule has 8 heteroatoms. The molecule has 3 aromatic rings. The molecule has 0 atom stereocenters. The smallest absolute Gasteiger partial charge is 0.336 e. The van der Waals surface area contributed by atoms with Gasteiger partial charge in [-0.25, -0.2) is 9.59 Å². The van der Waals surface area contributed by atoms with Crippen molar-refractivity contribution >= 4 is 29.1 Å². The molecular weight excluding hydrogens is 470 g/mol. The van der Waals surface area contributed by atoms with Crippen molar-refractivity contribution in [3.05, 3.63) is 94.5 Å². The van der Waals surface area contributed by atoms with Crippen LogP contribution in [0.2, 0.25) is 5.02 Å². The highest BCUT2D eigenvalue weighted by molar-refractivity contribution is 6.35. The zero-order valence-corrected chi connectivity index (χ0v) is 19.6. The first-order valence-corrected chi connectivity index (χ1v) is 11.4. The van der Waals surface area contributed by atoms with E-state index in [-0.39, 0.29) is 16.3 Å². The van der Waals surface area contributed by atoms with E-state index in [2.05, 4.69) is 17.0 Å². The Balaban J connectivity index is 1.72. The summed E-state index contributed by atoms with van der Waals surface area (Å²) in [5.41, 5.74) is 1.76. The normalized spacial score (nSPS) is 14.5. The lowest BCUT2D eigenvalue weighted by Crippen LogP contribution is -2.30. The molecule has 1 heterocycles. The molecule has 0 saturated carbocycles. The van der Waals surface area contributed by atoms with Gasteiger partial charge in [0.2, 0.25) is 0 Å². The molecule has 1 aliphatic rings. The zero-order chi connectivity index (χ0) is 24.8. The molecule has 1 aliphatic heterocycles. The van der Waals surface area contributed by atoms with Crippen LogP contribution in [0, 0.1) is 0 Å². The van der Waals surface area contributed by atoms with Crippen molar-refractivity contribution in [3.63, 3.8) is 0 Å². The van der Waals surface area contributed by atoms with E-state index >= 15 is 0 Å². The summed E-state index contributed by atoms with van der Waals surface area (Å²) in [6.45, 7) is 2.55. The van der Waals surface area contributed by atoms with Crippen LogP contribution in [0.5, 0.6) is 17.2 Å². The molecule has 0 aromatic heterocycles. The first kappa shape index (κ1) is 24.3. The molecule has 0 saturated heterocycles. The highest BCUT2D eigenvalue weighted by Gasteiger charge is 2.21. The van der Waals surface area contributed by atoms with Gasteiger partial charge in [-0.15, -0.1) is 0 Å². The fourth-order valence-corrected chi connectivity index (χ4v) is 4.17. The van der Waals surface area contributed by atoms with E-state index in [0.717, 1.165) is 25.1 Å². The van der Waals surface area contributed by atoms with Crippen molar-refractivity contribution in [3.8, 4) is 17.2 Å². The number of aliphatic carboxylic acids is 2. The lowest BCUT2D eigenvalue weighted by Gasteiger charge is -2.22. The fourth-order valence-electron chi connectivity index (χ4n) is 3.92. The second-order valence-electron chi connectivity index (χ2n) is 8.05. The van der Waals surface area contributed by atoms with Gasteiger partial charge in [0.15, 0.2) is 11.5 Å². The second kappa shape index (κ2) is 11.1. The number of nitrogens with zero attached hydrogens (tertiary/aromatic N) is 1. The molecule has 0 spiro atoms. The predicted molar refractivity (Wildman–Crippen MR) is 132 cm³/mol. The average Bonchev–Trinajstić information content (AvgIpc) is 2.86. The Kier molecular flexibility index (Phi) is 7.70. The van der Waals surface area contributed by atoms with Gasteiger partial charge >= 0.3 is 11.9 Å².